The van der Waals surface area contributed by atoms with Crippen LogP contribution in [0.15, 0.2) is 60.8 Å². The van der Waals surface area contributed by atoms with E-state index in [1.807, 2.05) is 30.4 Å². The summed E-state index contributed by atoms with van der Waals surface area (Å²) >= 11 is 0. The minimum Gasteiger partial charge on any atom is -0.395 e. The van der Waals surface area contributed by atoms with Crippen LogP contribution in [-0.2, 0) is 4.79 Å². The van der Waals surface area contributed by atoms with E-state index in [0.29, 0.717) is 0 Å². The molecular formula is C22H35NO2. The Kier molecular flexibility index (Phi) is 18.7. The highest BCUT2D eigenvalue weighted by Crippen LogP contribution is 2.08. The van der Waals surface area contributed by atoms with Gasteiger partial charge in [0.1, 0.15) is 0 Å². The molecule has 0 aliphatic heterocycles. The molecule has 3 nitrogen and oxygen atoms in total. The molecular weight excluding hydrogens is 310 g/mol. The van der Waals surface area contributed by atoms with Crippen LogP contribution in [0, 0.1) is 0 Å². The Morgan fingerprint density at radius 3 is 2.00 bits per heavy atom. The predicted molar refractivity (Wildman–Crippen MR) is 108 cm³/mol. The number of hydrogen-bond acceptors (Lipinski definition) is 2. The lowest BCUT2D eigenvalue weighted by molar-refractivity contribution is -0.116. The Morgan fingerprint density at radius 1 is 0.800 bits per heavy atom. The average Bonchev–Trinajstić information content (AvgIpc) is 2.62. The summed E-state index contributed by atoms with van der Waals surface area (Å²) in [5, 5.41) is 11.1. The van der Waals surface area contributed by atoms with Crippen molar-refractivity contribution < 1.29 is 9.90 Å². The zero-order valence-electron chi connectivity index (χ0n) is 15.7. The van der Waals surface area contributed by atoms with E-state index in [1.54, 1.807) is 12.2 Å². The Balaban J connectivity index is 3.59. The number of rotatable bonds is 15. The molecule has 0 aliphatic rings. The van der Waals surface area contributed by atoms with Crippen LogP contribution in [0.5, 0.6) is 0 Å². The predicted octanol–water partition coefficient (Wildman–Crippen LogP) is 5.02. The smallest absolute Gasteiger partial charge is 0.244 e. The molecule has 0 aliphatic carbocycles. The van der Waals surface area contributed by atoms with Crippen LogP contribution in [0.2, 0.25) is 0 Å². The molecule has 0 rings (SSSR count). The van der Waals surface area contributed by atoms with Crippen molar-refractivity contribution in [3.63, 3.8) is 0 Å². The number of carbonyl (C=O) groups is 1. The Hall–Kier alpha value is -1.87. The van der Waals surface area contributed by atoms with Gasteiger partial charge in [-0.2, -0.15) is 0 Å². The molecule has 25 heavy (non-hydrogen) atoms. The maximum atomic E-state index is 11.2. The molecule has 0 aromatic heterocycles. The molecule has 0 saturated carbocycles. The molecule has 0 bridgehead atoms. The third kappa shape index (κ3) is 20.1. The lowest BCUT2D eigenvalue weighted by Crippen LogP contribution is -2.24. The second kappa shape index (κ2) is 20.2. The van der Waals surface area contributed by atoms with Gasteiger partial charge in [0.15, 0.2) is 0 Å². The van der Waals surface area contributed by atoms with E-state index in [0.717, 1.165) is 6.42 Å². The van der Waals surface area contributed by atoms with Gasteiger partial charge < -0.3 is 10.4 Å². The summed E-state index contributed by atoms with van der Waals surface area (Å²) in [5.74, 6) is -0.200. The van der Waals surface area contributed by atoms with Gasteiger partial charge in [-0.05, 0) is 12.8 Å². The number of amides is 1. The number of aliphatic hydroxyl groups is 1. The Labute approximate surface area is 153 Å². The van der Waals surface area contributed by atoms with Gasteiger partial charge in [0.25, 0.3) is 0 Å². The van der Waals surface area contributed by atoms with Gasteiger partial charge in [-0.15, -0.1) is 0 Å². The number of carbonyl (C=O) groups excluding carboxylic acids is 1. The van der Waals surface area contributed by atoms with Crippen molar-refractivity contribution >= 4 is 5.91 Å². The van der Waals surface area contributed by atoms with E-state index in [-0.39, 0.29) is 19.1 Å². The topological polar surface area (TPSA) is 49.3 Å². The van der Waals surface area contributed by atoms with Crippen molar-refractivity contribution in [1.82, 2.24) is 5.32 Å². The fourth-order valence-corrected chi connectivity index (χ4v) is 2.16. The highest BCUT2D eigenvalue weighted by Gasteiger charge is 1.90. The second-order valence-corrected chi connectivity index (χ2v) is 5.87. The van der Waals surface area contributed by atoms with E-state index >= 15 is 0 Å². The van der Waals surface area contributed by atoms with E-state index in [4.69, 9.17) is 5.11 Å². The van der Waals surface area contributed by atoms with Gasteiger partial charge in [0.2, 0.25) is 5.91 Å². The van der Waals surface area contributed by atoms with Gasteiger partial charge in [-0.1, -0.05) is 100 Å². The van der Waals surface area contributed by atoms with E-state index < -0.39 is 0 Å². The van der Waals surface area contributed by atoms with Gasteiger partial charge in [-0.25, -0.2) is 0 Å². The van der Waals surface area contributed by atoms with E-state index in [9.17, 15) is 4.79 Å². The van der Waals surface area contributed by atoms with Crippen LogP contribution in [0.25, 0.3) is 0 Å². The average molecular weight is 346 g/mol. The molecule has 140 valence electrons. The van der Waals surface area contributed by atoms with Crippen molar-refractivity contribution in [2.45, 2.75) is 58.3 Å². The molecule has 0 fully saturated rings. The van der Waals surface area contributed by atoms with Crippen LogP contribution in [0.3, 0.4) is 0 Å². The molecule has 0 saturated heterocycles. The molecule has 2 N–H and O–H groups in total. The molecule has 0 aromatic carbocycles. The maximum absolute atomic E-state index is 11.2. The lowest BCUT2D eigenvalue weighted by atomic mass is 10.1. The van der Waals surface area contributed by atoms with Gasteiger partial charge in [0.05, 0.1) is 6.61 Å². The zero-order chi connectivity index (χ0) is 18.4. The van der Waals surface area contributed by atoms with Crippen molar-refractivity contribution in [2.75, 3.05) is 13.2 Å². The number of unbranched alkanes of at least 4 members (excludes halogenated alkanes) is 7. The van der Waals surface area contributed by atoms with Crippen molar-refractivity contribution in [1.29, 1.82) is 0 Å². The summed E-state index contributed by atoms with van der Waals surface area (Å²) in [6.07, 6.45) is 29.6. The summed E-state index contributed by atoms with van der Waals surface area (Å²) in [6.45, 7) is 2.49. The van der Waals surface area contributed by atoms with Crippen LogP contribution in [-0.4, -0.2) is 24.2 Å². The molecule has 0 aromatic rings. The van der Waals surface area contributed by atoms with Gasteiger partial charge >= 0.3 is 0 Å². The molecule has 0 atom stereocenters. The standard InChI is InChI=1S/C22H35NO2/c1-2-3-4-5-6-7-8-9-10-11-12-13-14-15-16-17-18-19-22(25)23-20-21-24/h10-19,24H,2-9,20-21H2,1H3,(H,23,25). The third-order valence-corrected chi connectivity index (χ3v) is 3.55. The van der Waals surface area contributed by atoms with Crippen LogP contribution >= 0.6 is 0 Å². The first-order valence-electron chi connectivity index (χ1n) is 9.53. The highest BCUT2D eigenvalue weighted by molar-refractivity contribution is 5.87. The molecule has 0 heterocycles. The molecule has 3 heteroatoms. The fraction of sp³-hybridized carbons (Fsp3) is 0.500. The van der Waals surface area contributed by atoms with Gasteiger partial charge in [0, 0.05) is 12.6 Å². The van der Waals surface area contributed by atoms with Gasteiger partial charge in [-0.3, -0.25) is 4.79 Å². The molecule has 0 unspecified atom stereocenters. The minimum atomic E-state index is -0.200. The third-order valence-electron chi connectivity index (χ3n) is 3.55. The number of nitrogens with one attached hydrogen (secondary N) is 1. The fourth-order valence-electron chi connectivity index (χ4n) is 2.16. The molecule has 0 radical (unpaired) electrons. The maximum Gasteiger partial charge on any atom is 0.244 e. The van der Waals surface area contributed by atoms with E-state index in [2.05, 4.69) is 24.4 Å². The first-order chi connectivity index (χ1) is 12.3. The Bertz CT molecular complexity index is 445. The largest absolute Gasteiger partial charge is 0.395 e. The SMILES string of the molecule is CCCCCCCCCC=CC=CC=CC=CC=CC(=O)NCCO. The number of aliphatic hydroxyl groups excluding tert-OH is 1. The first kappa shape index (κ1) is 23.1. The minimum absolute atomic E-state index is 0.0437. The quantitative estimate of drug-likeness (QED) is 0.249. The normalized spacial score (nSPS) is 12.6. The van der Waals surface area contributed by atoms with Crippen LogP contribution < -0.4 is 5.32 Å². The monoisotopic (exact) mass is 345 g/mol. The highest BCUT2D eigenvalue weighted by atomic mass is 16.3. The van der Waals surface area contributed by atoms with Crippen LogP contribution in [0.4, 0.5) is 0 Å². The summed E-state index contributed by atoms with van der Waals surface area (Å²) in [7, 11) is 0. The lowest BCUT2D eigenvalue weighted by Gasteiger charge is -1.98. The molecule has 1 amide bonds. The number of hydrogen-bond donors (Lipinski definition) is 2. The van der Waals surface area contributed by atoms with E-state index in [1.165, 1.54) is 51.0 Å². The zero-order valence-corrected chi connectivity index (χ0v) is 15.7. The van der Waals surface area contributed by atoms with Crippen molar-refractivity contribution in [3.8, 4) is 0 Å². The Morgan fingerprint density at radius 2 is 1.36 bits per heavy atom. The molecule has 0 spiro atoms. The first-order valence-corrected chi connectivity index (χ1v) is 9.53. The second-order valence-electron chi connectivity index (χ2n) is 5.87. The summed E-state index contributed by atoms with van der Waals surface area (Å²) in [5.41, 5.74) is 0. The van der Waals surface area contributed by atoms with Crippen molar-refractivity contribution in [2.24, 2.45) is 0 Å². The summed E-state index contributed by atoms with van der Waals surface area (Å²) in [4.78, 5) is 11.2. The summed E-state index contributed by atoms with van der Waals surface area (Å²) < 4.78 is 0. The van der Waals surface area contributed by atoms with Crippen LogP contribution in [0.1, 0.15) is 58.3 Å². The summed E-state index contributed by atoms with van der Waals surface area (Å²) in [6, 6.07) is 0. The number of allylic oxidation sites excluding steroid dienone is 9. The van der Waals surface area contributed by atoms with Crippen molar-refractivity contribution in [3.05, 3.63) is 60.8 Å².